The van der Waals surface area contributed by atoms with Crippen molar-refractivity contribution >= 4 is 43.9 Å². The van der Waals surface area contributed by atoms with Crippen molar-refractivity contribution in [1.82, 2.24) is 9.55 Å². The number of aromatic nitrogens is 2. The molecule has 5 rings (SSSR count). The van der Waals surface area contributed by atoms with Crippen LogP contribution in [0.25, 0.3) is 32.1 Å². The van der Waals surface area contributed by atoms with Gasteiger partial charge in [-0.25, -0.2) is 4.98 Å². The van der Waals surface area contributed by atoms with E-state index >= 15 is 0 Å². The fraction of sp³-hybridized carbons (Fsp3) is 0.0800. The van der Waals surface area contributed by atoms with Gasteiger partial charge in [0.1, 0.15) is 11.4 Å². The summed E-state index contributed by atoms with van der Waals surface area (Å²) in [5.74, 6) is -0.273. The number of aryl methyl sites for hydroxylation is 1. The summed E-state index contributed by atoms with van der Waals surface area (Å²) in [5, 5.41) is 7.53. The van der Waals surface area contributed by atoms with Gasteiger partial charge < -0.3 is 5.32 Å². The predicted molar refractivity (Wildman–Crippen MR) is 127 cm³/mol. The fourth-order valence-electron chi connectivity index (χ4n) is 3.65. The maximum atomic E-state index is 13.2. The van der Waals surface area contributed by atoms with E-state index in [9.17, 15) is 9.59 Å². The van der Waals surface area contributed by atoms with Crippen molar-refractivity contribution in [2.45, 2.75) is 13.5 Å². The first-order valence-electron chi connectivity index (χ1n) is 9.91. The third kappa shape index (κ3) is 3.73. The lowest BCUT2D eigenvalue weighted by Gasteiger charge is -2.09. The Morgan fingerprint density at radius 2 is 1.81 bits per heavy atom. The number of nitrogens with zero attached hydrogens (tertiary/aromatic N) is 2. The molecule has 6 heteroatoms. The molecule has 0 unspecified atom stereocenters. The average molecular weight is 426 g/mol. The van der Waals surface area contributed by atoms with Crippen LogP contribution in [0.3, 0.4) is 0 Å². The highest BCUT2D eigenvalue weighted by Crippen LogP contribution is 2.30. The molecule has 0 saturated carbocycles. The second-order valence-electron chi connectivity index (χ2n) is 7.48. The molecule has 31 heavy (non-hydrogen) atoms. The van der Waals surface area contributed by atoms with Crippen LogP contribution in [0.15, 0.2) is 83.2 Å². The van der Waals surface area contributed by atoms with E-state index in [1.54, 1.807) is 0 Å². The van der Waals surface area contributed by atoms with Crippen molar-refractivity contribution in [1.29, 1.82) is 0 Å². The molecule has 0 bridgehead atoms. The van der Waals surface area contributed by atoms with Crippen molar-refractivity contribution in [3.8, 4) is 11.1 Å². The quantitative estimate of drug-likeness (QED) is 0.429. The molecule has 0 fully saturated rings. The van der Waals surface area contributed by atoms with E-state index < -0.39 is 0 Å². The molecule has 2 heterocycles. The Kier molecular flexibility index (Phi) is 4.84. The number of hydrogen-bond donors (Lipinski definition) is 1. The molecule has 0 aliphatic carbocycles. The summed E-state index contributed by atoms with van der Waals surface area (Å²) in [6.45, 7) is 1.93. The maximum absolute atomic E-state index is 13.2. The van der Waals surface area contributed by atoms with Gasteiger partial charge in [0, 0.05) is 16.6 Å². The Hall–Kier alpha value is -3.77. The van der Waals surface area contributed by atoms with Crippen LogP contribution in [0.4, 0.5) is 5.69 Å². The molecule has 5 nitrogen and oxygen atoms in total. The summed E-state index contributed by atoms with van der Waals surface area (Å²) in [6.07, 6.45) is 1.44. The number of benzene rings is 3. The van der Waals surface area contributed by atoms with Crippen LogP contribution in [-0.4, -0.2) is 15.5 Å². The third-order valence-electron chi connectivity index (χ3n) is 5.27. The van der Waals surface area contributed by atoms with Crippen LogP contribution in [0, 0.1) is 6.92 Å². The van der Waals surface area contributed by atoms with Gasteiger partial charge >= 0.3 is 0 Å². The zero-order valence-electron chi connectivity index (χ0n) is 16.8. The van der Waals surface area contributed by atoms with Gasteiger partial charge in [-0.15, -0.1) is 11.3 Å². The number of nitrogens with one attached hydrogen (secondary N) is 1. The van der Waals surface area contributed by atoms with Crippen molar-refractivity contribution in [3.05, 3.63) is 94.4 Å². The first-order valence-corrected chi connectivity index (χ1v) is 10.8. The molecule has 1 amide bonds. The number of rotatable bonds is 4. The van der Waals surface area contributed by atoms with Crippen LogP contribution in [-0.2, 0) is 11.3 Å². The smallest absolute Gasteiger partial charge is 0.263 e. The summed E-state index contributed by atoms with van der Waals surface area (Å²) in [7, 11) is 0. The molecule has 0 saturated heterocycles. The topological polar surface area (TPSA) is 64.0 Å². The van der Waals surface area contributed by atoms with Crippen LogP contribution in [0.2, 0.25) is 0 Å². The van der Waals surface area contributed by atoms with E-state index in [0.29, 0.717) is 15.9 Å². The molecule has 2 aromatic heterocycles. The van der Waals surface area contributed by atoms with Crippen molar-refractivity contribution in [2.24, 2.45) is 0 Å². The highest BCUT2D eigenvalue weighted by molar-refractivity contribution is 7.17. The van der Waals surface area contributed by atoms with E-state index in [0.717, 1.165) is 27.5 Å². The molecule has 5 aromatic rings. The normalized spacial score (nSPS) is 11.1. The van der Waals surface area contributed by atoms with Crippen LogP contribution >= 0.6 is 11.3 Å². The fourth-order valence-corrected chi connectivity index (χ4v) is 4.55. The molecule has 0 spiro atoms. The summed E-state index contributed by atoms with van der Waals surface area (Å²) >= 11 is 1.43. The molecule has 152 valence electrons. The number of carbonyl (C=O) groups is 1. The summed E-state index contributed by atoms with van der Waals surface area (Å²) < 4.78 is 1.36. The molecule has 1 N–H and O–H groups in total. The second-order valence-corrected chi connectivity index (χ2v) is 8.34. The first-order chi connectivity index (χ1) is 15.1. The number of amides is 1. The number of fused-ring (bicyclic) bond motifs is 2. The third-order valence-corrected chi connectivity index (χ3v) is 6.16. The van der Waals surface area contributed by atoms with Gasteiger partial charge in [0.05, 0.1) is 11.7 Å². The largest absolute Gasteiger partial charge is 0.325 e. The number of hydrogen-bond acceptors (Lipinski definition) is 4. The predicted octanol–water partition coefficient (Wildman–Crippen LogP) is 5.23. The molecule has 0 aliphatic heterocycles. The van der Waals surface area contributed by atoms with E-state index in [-0.39, 0.29) is 18.0 Å². The summed E-state index contributed by atoms with van der Waals surface area (Å²) in [6, 6.07) is 21.7. The van der Waals surface area contributed by atoms with Gasteiger partial charge in [0.25, 0.3) is 5.56 Å². The number of anilines is 1. The van der Waals surface area contributed by atoms with Crippen molar-refractivity contribution in [3.63, 3.8) is 0 Å². The lowest BCUT2D eigenvalue weighted by Crippen LogP contribution is -2.27. The van der Waals surface area contributed by atoms with Gasteiger partial charge in [0.2, 0.25) is 5.91 Å². The molecule has 0 radical (unpaired) electrons. The molecular weight excluding hydrogens is 406 g/mol. The minimum atomic E-state index is -0.273. The first kappa shape index (κ1) is 19.2. The summed E-state index contributed by atoms with van der Waals surface area (Å²) in [5.41, 5.74) is 3.46. The Morgan fingerprint density at radius 1 is 1.03 bits per heavy atom. The van der Waals surface area contributed by atoms with E-state index in [4.69, 9.17) is 0 Å². The van der Waals surface area contributed by atoms with Gasteiger partial charge in [0.15, 0.2) is 0 Å². The zero-order valence-corrected chi connectivity index (χ0v) is 17.6. The minimum Gasteiger partial charge on any atom is -0.325 e. The SMILES string of the molecule is Cc1ccc(-c2csc3ncn(CC(=O)Nc4ccc5ccccc5c4)c(=O)c23)cc1. The molecule has 0 aliphatic rings. The minimum absolute atomic E-state index is 0.0994. The highest BCUT2D eigenvalue weighted by atomic mass is 32.1. The Morgan fingerprint density at radius 3 is 2.61 bits per heavy atom. The molecular formula is C25H19N3O2S. The van der Waals surface area contributed by atoms with Gasteiger partial charge in [-0.3, -0.25) is 14.2 Å². The van der Waals surface area contributed by atoms with Crippen molar-refractivity contribution in [2.75, 3.05) is 5.32 Å². The van der Waals surface area contributed by atoms with E-state index in [1.807, 2.05) is 79.0 Å². The van der Waals surface area contributed by atoms with Gasteiger partial charge in [-0.1, -0.05) is 60.2 Å². The molecule has 0 atom stereocenters. The van der Waals surface area contributed by atoms with Crippen LogP contribution < -0.4 is 10.9 Å². The van der Waals surface area contributed by atoms with E-state index in [1.165, 1.54) is 22.2 Å². The monoisotopic (exact) mass is 425 g/mol. The average Bonchev–Trinajstić information content (AvgIpc) is 3.21. The van der Waals surface area contributed by atoms with Crippen LogP contribution in [0.5, 0.6) is 0 Å². The van der Waals surface area contributed by atoms with Crippen LogP contribution in [0.1, 0.15) is 5.56 Å². The van der Waals surface area contributed by atoms with E-state index in [2.05, 4.69) is 10.3 Å². The lowest BCUT2D eigenvalue weighted by molar-refractivity contribution is -0.116. The maximum Gasteiger partial charge on any atom is 0.263 e. The summed E-state index contributed by atoms with van der Waals surface area (Å²) in [4.78, 5) is 30.9. The zero-order chi connectivity index (χ0) is 21.4. The number of thiophene rings is 1. The Bertz CT molecular complexity index is 1480. The van der Waals surface area contributed by atoms with Gasteiger partial charge in [-0.05, 0) is 35.4 Å². The Labute approximate surface area is 182 Å². The van der Waals surface area contributed by atoms with Gasteiger partial charge in [-0.2, -0.15) is 0 Å². The Balaban J connectivity index is 1.43. The number of carbonyl (C=O) groups excluding carboxylic acids is 1. The second kappa shape index (κ2) is 7.81. The highest BCUT2D eigenvalue weighted by Gasteiger charge is 2.15. The molecule has 3 aromatic carbocycles. The lowest BCUT2D eigenvalue weighted by atomic mass is 10.1. The standard InChI is InChI=1S/C25H19N3O2S/c1-16-6-8-18(9-7-16)21-14-31-24-23(21)25(30)28(15-26-24)13-22(29)27-20-11-10-17-4-2-3-5-19(17)12-20/h2-12,14-15H,13H2,1H3,(H,27,29). The van der Waals surface area contributed by atoms with Crippen molar-refractivity contribution < 1.29 is 4.79 Å².